The average Bonchev–Trinajstić information content (AvgIpc) is 2.36. The van der Waals surface area contributed by atoms with Gasteiger partial charge in [-0.3, -0.25) is 4.90 Å². The summed E-state index contributed by atoms with van der Waals surface area (Å²) in [6, 6.07) is 4.53. The Morgan fingerprint density at radius 3 is 2.71 bits per heavy atom. The molecule has 17 heavy (non-hydrogen) atoms. The lowest BCUT2D eigenvalue weighted by atomic mass is 10.1. The molecule has 1 aromatic carbocycles. The summed E-state index contributed by atoms with van der Waals surface area (Å²) in [6.07, 6.45) is 0. The second-order valence-electron chi connectivity index (χ2n) is 4.16. The van der Waals surface area contributed by atoms with Gasteiger partial charge in [-0.1, -0.05) is 17.7 Å². The number of piperazine rings is 1. The molecule has 0 aromatic heterocycles. The van der Waals surface area contributed by atoms with Gasteiger partial charge in [-0.2, -0.15) is 0 Å². The molecule has 2 N–H and O–H groups in total. The minimum Gasteiger partial charge on any atom is -0.394 e. The van der Waals surface area contributed by atoms with E-state index in [-0.39, 0.29) is 17.7 Å². The largest absolute Gasteiger partial charge is 0.394 e. The smallest absolute Gasteiger partial charge is 0.141 e. The van der Waals surface area contributed by atoms with Crippen LogP contribution < -0.4 is 5.32 Å². The van der Waals surface area contributed by atoms with Crippen LogP contribution >= 0.6 is 11.6 Å². The maximum absolute atomic E-state index is 13.1. The summed E-state index contributed by atoms with van der Waals surface area (Å²) in [5.74, 6) is -0.424. The number of benzene rings is 1. The number of aliphatic hydroxyl groups excluding tert-OH is 1. The molecule has 1 fully saturated rings. The van der Waals surface area contributed by atoms with E-state index in [0.717, 1.165) is 31.7 Å². The molecule has 0 spiro atoms. The van der Waals surface area contributed by atoms with Gasteiger partial charge in [-0.25, -0.2) is 4.39 Å². The number of hydrogen-bond donors (Lipinski definition) is 2. The van der Waals surface area contributed by atoms with Crippen LogP contribution in [0, 0.1) is 5.82 Å². The number of nitrogens with zero attached hydrogens (tertiary/aromatic N) is 1. The molecule has 1 saturated heterocycles. The minimum absolute atomic E-state index is 0.0158. The van der Waals surface area contributed by atoms with Gasteiger partial charge in [0.25, 0.3) is 0 Å². The van der Waals surface area contributed by atoms with Crippen LogP contribution in [-0.4, -0.2) is 42.8 Å². The lowest BCUT2D eigenvalue weighted by Gasteiger charge is -2.34. The fourth-order valence-electron chi connectivity index (χ4n) is 2.15. The molecule has 5 heteroatoms. The van der Waals surface area contributed by atoms with E-state index in [1.807, 2.05) is 0 Å². The monoisotopic (exact) mass is 258 g/mol. The zero-order valence-corrected chi connectivity index (χ0v) is 10.3. The number of aliphatic hydroxyl groups is 1. The summed E-state index contributed by atoms with van der Waals surface area (Å²) >= 11 is 5.77. The van der Waals surface area contributed by atoms with E-state index in [1.54, 1.807) is 12.1 Å². The Balaban J connectivity index is 2.18. The number of rotatable bonds is 3. The first-order valence-corrected chi connectivity index (χ1v) is 6.10. The van der Waals surface area contributed by atoms with Crippen molar-refractivity contribution in [3.63, 3.8) is 0 Å². The summed E-state index contributed by atoms with van der Waals surface area (Å²) in [6.45, 7) is 3.58. The van der Waals surface area contributed by atoms with Crippen LogP contribution in [0.25, 0.3) is 0 Å². The van der Waals surface area contributed by atoms with E-state index in [1.165, 1.54) is 6.07 Å². The molecule has 1 heterocycles. The second kappa shape index (κ2) is 5.78. The van der Waals surface area contributed by atoms with Crippen molar-refractivity contribution in [3.05, 3.63) is 34.6 Å². The normalized spacial score (nSPS) is 19.2. The zero-order chi connectivity index (χ0) is 12.3. The molecular formula is C12H16ClFN2O. The first-order valence-electron chi connectivity index (χ1n) is 5.73. The Kier molecular flexibility index (Phi) is 4.34. The summed E-state index contributed by atoms with van der Waals surface area (Å²) < 4.78 is 13.1. The number of hydrogen-bond acceptors (Lipinski definition) is 3. The zero-order valence-electron chi connectivity index (χ0n) is 9.50. The van der Waals surface area contributed by atoms with Gasteiger partial charge in [0.1, 0.15) is 5.82 Å². The summed E-state index contributed by atoms with van der Waals surface area (Å²) in [7, 11) is 0. The molecule has 1 aliphatic rings. The first-order chi connectivity index (χ1) is 8.22. The highest BCUT2D eigenvalue weighted by atomic mass is 35.5. The van der Waals surface area contributed by atoms with Crippen molar-refractivity contribution >= 4 is 11.6 Å². The quantitative estimate of drug-likeness (QED) is 0.861. The Morgan fingerprint density at radius 1 is 1.41 bits per heavy atom. The third-order valence-electron chi connectivity index (χ3n) is 3.09. The van der Waals surface area contributed by atoms with Gasteiger partial charge in [0, 0.05) is 26.2 Å². The molecule has 2 rings (SSSR count). The SMILES string of the molecule is OC[C@@H](c1ccc(F)c(Cl)c1)N1CCNCC1. The van der Waals surface area contributed by atoms with Gasteiger partial charge in [-0.15, -0.1) is 0 Å². The molecule has 1 aromatic rings. The fraction of sp³-hybridized carbons (Fsp3) is 0.500. The molecule has 0 bridgehead atoms. The molecule has 1 aliphatic heterocycles. The van der Waals surface area contributed by atoms with Crippen LogP contribution in [0.4, 0.5) is 4.39 Å². The van der Waals surface area contributed by atoms with Gasteiger partial charge in [0.05, 0.1) is 17.7 Å². The van der Waals surface area contributed by atoms with Crippen molar-refractivity contribution in [1.29, 1.82) is 0 Å². The summed E-state index contributed by atoms with van der Waals surface area (Å²) in [4.78, 5) is 2.18. The van der Waals surface area contributed by atoms with Crippen LogP contribution in [0.3, 0.4) is 0 Å². The summed E-state index contributed by atoms with van der Waals surface area (Å²) in [5, 5.41) is 12.9. The molecule has 0 unspecified atom stereocenters. The minimum atomic E-state index is -0.424. The van der Waals surface area contributed by atoms with Crippen LogP contribution in [-0.2, 0) is 0 Å². The van der Waals surface area contributed by atoms with Gasteiger partial charge < -0.3 is 10.4 Å². The first kappa shape index (κ1) is 12.8. The van der Waals surface area contributed by atoms with Crippen molar-refractivity contribution < 1.29 is 9.50 Å². The number of nitrogens with one attached hydrogen (secondary N) is 1. The third kappa shape index (κ3) is 2.96. The van der Waals surface area contributed by atoms with E-state index >= 15 is 0 Å². The maximum Gasteiger partial charge on any atom is 0.141 e. The van der Waals surface area contributed by atoms with E-state index in [2.05, 4.69) is 10.2 Å². The highest BCUT2D eigenvalue weighted by Gasteiger charge is 2.21. The van der Waals surface area contributed by atoms with Crippen LogP contribution in [0.1, 0.15) is 11.6 Å². The molecule has 0 saturated carbocycles. The Morgan fingerprint density at radius 2 is 2.12 bits per heavy atom. The lowest BCUT2D eigenvalue weighted by molar-refractivity contribution is 0.111. The Hall–Kier alpha value is -0.680. The predicted octanol–water partition coefficient (Wildman–Crippen LogP) is 1.42. The van der Waals surface area contributed by atoms with E-state index in [0.29, 0.717) is 0 Å². The van der Waals surface area contributed by atoms with E-state index < -0.39 is 5.82 Å². The van der Waals surface area contributed by atoms with E-state index in [4.69, 9.17) is 11.6 Å². The van der Waals surface area contributed by atoms with Crippen molar-refractivity contribution in [2.45, 2.75) is 6.04 Å². The molecule has 3 nitrogen and oxygen atoms in total. The highest BCUT2D eigenvalue weighted by molar-refractivity contribution is 6.30. The van der Waals surface area contributed by atoms with Crippen molar-refractivity contribution in [1.82, 2.24) is 10.2 Å². The average molecular weight is 259 g/mol. The molecule has 94 valence electrons. The molecule has 0 aliphatic carbocycles. The second-order valence-corrected chi connectivity index (χ2v) is 4.57. The standard InChI is InChI=1S/C12H16ClFN2O/c13-10-7-9(1-2-11(10)14)12(8-17)16-5-3-15-4-6-16/h1-2,7,12,15,17H,3-6,8H2/t12-/m0/s1. The van der Waals surface area contributed by atoms with Crippen molar-refractivity contribution in [2.24, 2.45) is 0 Å². The van der Waals surface area contributed by atoms with Gasteiger partial charge >= 0.3 is 0 Å². The van der Waals surface area contributed by atoms with Crippen LogP contribution in [0.15, 0.2) is 18.2 Å². The van der Waals surface area contributed by atoms with Crippen molar-refractivity contribution in [3.8, 4) is 0 Å². The maximum atomic E-state index is 13.1. The van der Waals surface area contributed by atoms with Crippen LogP contribution in [0.2, 0.25) is 5.02 Å². The van der Waals surface area contributed by atoms with Gasteiger partial charge in [0.2, 0.25) is 0 Å². The number of halogens is 2. The van der Waals surface area contributed by atoms with Gasteiger partial charge in [0.15, 0.2) is 0 Å². The highest BCUT2D eigenvalue weighted by Crippen LogP contribution is 2.25. The fourth-order valence-corrected chi connectivity index (χ4v) is 2.33. The molecule has 1 atom stereocenters. The molecule has 0 radical (unpaired) electrons. The van der Waals surface area contributed by atoms with E-state index in [9.17, 15) is 9.50 Å². The Bertz CT molecular complexity index is 383. The summed E-state index contributed by atoms with van der Waals surface area (Å²) in [5.41, 5.74) is 0.862. The molecular weight excluding hydrogens is 243 g/mol. The predicted molar refractivity (Wildman–Crippen MR) is 65.7 cm³/mol. The molecule has 0 amide bonds. The van der Waals surface area contributed by atoms with Gasteiger partial charge in [-0.05, 0) is 17.7 Å². The van der Waals surface area contributed by atoms with Crippen molar-refractivity contribution in [2.75, 3.05) is 32.8 Å². The Labute approximate surface area is 105 Å². The third-order valence-corrected chi connectivity index (χ3v) is 3.38. The van der Waals surface area contributed by atoms with Crippen LogP contribution in [0.5, 0.6) is 0 Å². The topological polar surface area (TPSA) is 35.5 Å². The lowest BCUT2D eigenvalue weighted by Crippen LogP contribution is -2.46.